The van der Waals surface area contributed by atoms with Crippen LogP contribution in [-0.2, 0) is 6.42 Å². The Balaban J connectivity index is 2.28. The SMILES string of the molecule is COc1cc(C)ccc1C(O)Cc1cc(F)ccc1C. The van der Waals surface area contributed by atoms with Crippen molar-refractivity contribution in [1.82, 2.24) is 0 Å². The van der Waals surface area contributed by atoms with Gasteiger partial charge in [0, 0.05) is 12.0 Å². The summed E-state index contributed by atoms with van der Waals surface area (Å²) in [5, 5.41) is 10.4. The molecule has 0 fully saturated rings. The van der Waals surface area contributed by atoms with Gasteiger partial charge in [-0.15, -0.1) is 0 Å². The summed E-state index contributed by atoms with van der Waals surface area (Å²) < 4.78 is 18.6. The normalized spacial score (nSPS) is 12.2. The summed E-state index contributed by atoms with van der Waals surface area (Å²) in [6, 6.07) is 10.3. The van der Waals surface area contributed by atoms with Gasteiger partial charge in [-0.25, -0.2) is 4.39 Å². The van der Waals surface area contributed by atoms with Crippen LogP contribution in [0.4, 0.5) is 4.39 Å². The number of hydrogen-bond donors (Lipinski definition) is 1. The monoisotopic (exact) mass is 274 g/mol. The quantitative estimate of drug-likeness (QED) is 0.920. The van der Waals surface area contributed by atoms with Crippen molar-refractivity contribution >= 4 is 0 Å². The summed E-state index contributed by atoms with van der Waals surface area (Å²) >= 11 is 0. The van der Waals surface area contributed by atoms with Crippen LogP contribution in [0.15, 0.2) is 36.4 Å². The van der Waals surface area contributed by atoms with Crippen LogP contribution in [-0.4, -0.2) is 12.2 Å². The maximum atomic E-state index is 13.3. The molecule has 0 spiro atoms. The second kappa shape index (κ2) is 6.06. The van der Waals surface area contributed by atoms with Crippen molar-refractivity contribution in [3.05, 3.63) is 64.5 Å². The minimum Gasteiger partial charge on any atom is -0.496 e. The van der Waals surface area contributed by atoms with Gasteiger partial charge in [0.15, 0.2) is 0 Å². The molecule has 0 aliphatic rings. The molecule has 1 atom stereocenters. The number of rotatable bonds is 4. The molecule has 1 unspecified atom stereocenters. The smallest absolute Gasteiger partial charge is 0.124 e. The Morgan fingerprint density at radius 3 is 2.60 bits per heavy atom. The van der Waals surface area contributed by atoms with Crippen LogP contribution in [0, 0.1) is 19.7 Å². The summed E-state index contributed by atoms with van der Waals surface area (Å²) in [7, 11) is 1.58. The number of halogens is 1. The van der Waals surface area contributed by atoms with Crippen LogP contribution in [0.3, 0.4) is 0 Å². The predicted octanol–water partition coefficient (Wildman–Crippen LogP) is 3.73. The largest absolute Gasteiger partial charge is 0.496 e. The molecule has 0 radical (unpaired) electrons. The van der Waals surface area contributed by atoms with Crippen LogP contribution in [0.1, 0.15) is 28.4 Å². The Labute approximate surface area is 118 Å². The Morgan fingerprint density at radius 1 is 1.15 bits per heavy atom. The molecule has 2 aromatic carbocycles. The summed E-state index contributed by atoms with van der Waals surface area (Å²) in [4.78, 5) is 0. The molecule has 0 aliphatic heterocycles. The van der Waals surface area contributed by atoms with Gasteiger partial charge < -0.3 is 9.84 Å². The molecule has 0 saturated carbocycles. The Bertz CT molecular complexity index is 608. The molecule has 0 amide bonds. The zero-order valence-electron chi connectivity index (χ0n) is 12.0. The number of aliphatic hydroxyl groups excluding tert-OH is 1. The lowest BCUT2D eigenvalue weighted by Crippen LogP contribution is -2.06. The number of aryl methyl sites for hydroxylation is 2. The first-order valence-corrected chi connectivity index (χ1v) is 6.59. The Kier molecular flexibility index (Phi) is 4.40. The summed E-state index contributed by atoms with van der Waals surface area (Å²) in [5.74, 6) is 0.375. The first kappa shape index (κ1) is 14.5. The molecule has 3 heteroatoms. The van der Waals surface area contributed by atoms with Crippen molar-refractivity contribution in [3.63, 3.8) is 0 Å². The average molecular weight is 274 g/mol. The molecular formula is C17H19FO2. The topological polar surface area (TPSA) is 29.5 Å². The van der Waals surface area contributed by atoms with E-state index in [0.717, 1.165) is 22.3 Å². The molecule has 0 aromatic heterocycles. The number of hydrogen-bond acceptors (Lipinski definition) is 2. The van der Waals surface area contributed by atoms with E-state index in [4.69, 9.17) is 4.74 Å². The summed E-state index contributed by atoms with van der Waals surface area (Å²) in [5.41, 5.74) is 3.57. The number of benzene rings is 2. The van der Waals surface area contributed by atoms with E-state index in [1.165, 1.54) is 12.1 Å². The maximum absolute atomic E-state index is 13.3. The first-order valence-electron chi connectivity index (χ1n) is 6.59. The van der Waals surface area contributed by atoms with E-state index >= 15 is 0 Å². The van der Waals surface area contributed by atoms with Gasteiger partial charge in [0.1, 0.15) is 11.6 Å². The van der Waals surface area contributed by atoms with Gasteiger partial charge in [-0.05, 0) is 48.7 Å². The third-order valence-electron chi connectivity index (χ3n) is 3.47. The van der Waals surface area contributed by atoms with Gasteiger partial charge in [0.05, 0.1) is 13.2 Å². The van der Waals surface area contributed by atoms with Crippen molar-refractivity contribution in [3.8, 4) is 5.75 Å². The fourth-order valence-electron chi connectivity index (χ4n) is 2.27. The highest BCUT2D eigenvalue weighted by Crippen LogP contribution is 2.29. The molecule has 2 nitrogen and oxygen atoms in total. The third-order valence-corrected chi connectivity index (χ3v) is 3.47. The molecule has 106 valence electrons. The van der Waals surface area contributed by atoms with E-state index in [-0.39, 0.29) is 5.82 Å². The number of aliphatic hydroxyl groups is 1. The highest BCUT2D eigenvalue weighted by Gasteiger charge is 2.15. The van der Waals surface area contributed by atoms with Crippen LogP contribution >= 0.6 is 0 Å². The van der Waals surface area contributed by atoms with Crippen molar-refractivity contribution in [2.75, 3.05) is 7.11 Å². The predicted molar refractivity (Wildman–Crippen MR) is 77.5 cm³/mol. The standard InChI is InChI=1S/C17H19FO2/c1-11-4-7-15(17(8-11)20-3)16(19)10-13-9-14(18)6-5-12(13)2/h4-9,16,19H,10H2,1-3H3. The fourth-order valence-corrected chi connectivity index (χ4v) is 2.27. The molecule has 0 bridgehead atoms. The van der Waals surface area contributed by atoms with Crippen molar-refractivity contribution < 1.29 is 14.2 Å². The molecule has 20 heavy (non-hydrogen) atoms. The zero-order valence-corrected chi connectivity index (χ0v) is 12.0. The Hall–Kier alpha value is -1.87. The maximum Gasteiger partial charge on any atom is 0.124 e. The first-order chi connectivity index (χ1) is 9.51. The molecule has 0 aliphatic carbocycles. The van der Waals surface area contributed by atoms with E-state index in [0.29, 0.717) is 12.2 Å². The summed E-state index contributed by atoms with van der Waals surface area (Å²) in [6.07, 6.45) is -0.353. The van der Waals surface area contributed by atoms with Crippen LogP contribution in [0.5, 0.6) is 5.75 Å². The summed E-state index contributed by atoms with van der Waals surface area (Å²) in [6.45, 7) is 3.88. The molecule has 2 rings (SSSR count). The zero-order chi connectivity index (χ0) is 14.7. The van der Waals surface area contributed by atoms with E-state index in [2.05, 4.69) is 0 Å². The van der Waals surface area contributed by atoms with Crippen molar-refractivity contribution in [2.45, 2.75) is 26.4 Å². The Morgan fingerprint density at radius 2 is 1.90 bits per heavy atom. The molecule has 2 aromatic rings. The lowest BCUT2D eigenvalue weighted by molar-refractivity contribution is 0.173. The second-order valence-corrected chi connectivity index (χ2v) is 5.04. The molecule has 1 N–H and O–H groups in total. The number of ether oxygens (including phenoxy) is 1. The highest BCUT2D eigenvalue weighted by atomic mass is 19.1. The lowest BCUT2D eigenvalue weighted by atomic mass is 9.97. The lowest BCUT2D eigenvalue weighted by Gasteiger charge is -2.16. The van der Waals surface area contributed by atoms with E-state index in [1.54, 1.807) is 13.2 Å². The second-order valence-electron chi connectivity index (χ2n) is 5.04. The molecule has 0 heterocycles. The third kappa shape index (κ3) is 3.17. The van der Waals surface area contributed by atoms with Crippen LogP contribution < -0.4 is 4.74 Å². The van der Waals surface area contributed by atoms with E-state index in [9.17, 15) is 9.50 Å². The van der Waals surface area contributed by atoms with Gasteiger partial charge in [0.25, 0.3) is 0 Å². The minimum atomic E-state index is -0.717. The highest BCUT2D eigenvalue weighted by molar-refractivity contribution is 5.40. The fraction of sp³-hybridized carbons (Fsp3) is 0.294. The van der Waals surface area contributed by atoms with Crippen molar-refractivity contribution in [1.29, 1.82) is 0 Å². The molecular weight excluding hydrogens is 255 g/mol. The van der Waals surface area contributed by atoms with Gasteiger partial charge in [-0.3, -0.25) is 0 Å². The number of methoxy groups -OCH3 is 1. The van der Waals surface area contributed by atoms with Gasteiger partial charge >= 0.3 is 0 Å². The molecule has 0 saturated heterocycles. The minimum absolute atomic E-state index is 0.284. The van der Waals surface area contributed by atoms with Crippen molar-refractivity contribution in [2.24, 2.45) is 0 Å². The van der Waals surface area contributed by atoms with E-state index in [1.807, 2.05) is 32.0 Å². The van der Waals surface area contributed by atoms with Gasteiger partial charge in [-0.1, -0.05) is 18.2 Å². The van der Waals surface area contributed by atoms with Crippen LogP contribution in [0.25, 0.3) is 0 Å². The average Bonchev–Trinajstić information content (AvgIpc) is 2.42. The van der Waals surface area contributed by atoms with Gasteiger partial charge in [-0.2, -0.15) is 0 Å². The van der Waals surface area contributed by atoms with Crippen LogP contribution in [0.2, 0.25) is 0 Å². The van der Waals surface area contributed by atoms with E-state index < -0.39 is 6.10 Å². The van der Waals surface area contributed by atoms with Gasteiger partial charge in [0.2, 0.25) is 0 Å².